The van der Waals surface area contributed by atoms with E-state index in [1.165, 1.54) is 6.07 Å². The summed E-state index contributed by atoms with van der Waals surface area (Å²) in [4.78, 5) is 12.9. The summed E-state index contributed by atoms with van der Waals surface area (Å²) in [6, 6.07) is 14.5. The molecule has 0 aliphatic heterocycles. The van der Waals surface area contributed by atoms with Crippen LogP contribution < -0.4 is 5.32 Å². The number of nitrogens with one attached hydrogen (secondary N) is 1. The van der Waals surface area contributed by atoms with Gasteiger partial charge in [0.15, 0.2) is 0 Å². The van der Waals surface area contributed by atoms with Crippen LogP contribution in [0.3, 0.4) is 0 Å². The summed E-state index contributed by atoms with van der Waals surface area (Å²) in [6.07, 6.45) is 0. The van der Waals surface area contributed by atoms with Crippen molar-refractivity contribution < 1.29 is 9.18 Å². The lowest BCUT2D eigenvalue weighted by Gasteiger charge is -2.15. The van der Waals surface area contributed by atoms with Crippen molar-refractivity contribution in [1.82, 2.24) is 4.90 Å². The number of rotatable bonds is 5. The van der Waals surface area contributed by atoms with Crippen molar-refractivity contribution in [2.45, 2.75) is 20.0 Å². The number of carbonyl (C=O) groups excluding carboxylic acids is 1. The molecule has 0 atom stereocenters. The summed E-state index contributed by atoms with van der Waals surface area (Å²) in [7, 11) is 1.77. The molecular weight excluding hydrogens is 267 g/mol. The Bertz CT molecular complexity index is 628. The highest BCUT2D eigenvalue weighted by molar-refractivity contribution is 5.72. The number of halogens is 1. The van der Waals surface area contributed by atoms with Gasteiger partial charge in [0.1, 0.15) is 5.82 Å². The second kappa shape index (κ2) is 6.88. The number of hydrogen-bond donors (Lipinski definition) is 1. The normalized spacial score (nSPS) is 10.2. The quantitative estimate of drug-likeness (QED) is 0.913. The lowest BCUT2D eigenvalue weighted by atomic mass is 10.1. The van der Waals surface area contributed by atoms with Gasteiger partial charge in [-0.1, -0.05) is 30.3 Å². The fraction of sp³-hybridized carbons (Fsp3) is 0.235. The maximum Gasteiger partial charge on any atom is 0.219 e. The number of hydrogen-bond acceptors (Lipinski definition) is 2. The van der Waals surface area contributed by atoms with Crippen LogP contribution in [-0.2, 0) is 17.9 Å². The van der Waals surface area contributed by atoms with Crippen molar-refractivity contribution in [2.24, 2.45) is 0 Å². The van der Waals surface area contributed by atoms with Crippen LogP contribution >= 0.6 is 0 Å². The SMILES string of the molecule is CC(=O)N(C)Cc1cccc(NCc2ccccc2F)c1. The molecule has 0 saturated heterocycles. The van der Waals surface area contributed by atoms with Gasteiger partial charge >= 0.3 is 0 Å². The molecule has 0 aliphatic rings. The molecule has 0 heterocycles. The van der Waals surface area contributed by atoms with Crippen LogP contribution in [0.25, 0.3) is 0 Å². The second-order valence-electron chi connectivity index (χ2n) is 5.02. The van der Waals surface area contributed by atoms with Crippen molar-refractivity contribution >= 4 is 11.6 Å². The third kappa shape index (κ3) is 4.31. The molecule has 2 rings (SSSR count). The molecule has 0 bridgehead atoms. The van der Waals surface area contributed by atoms with E-state index in [0.29, 0.717) is 18.7 Å². The van der Waals surface area contributed by atoms with Crippen molar-refractivity contribution in [1.29, 1.82) is 0 Å². The van der Waals surface area contributed by atoms with Gasteiger partial charge < -0.3 is 10.2 Å². The minimum absolute atomic E-state index is 0.0275. The van der Waals surface area contributed by atoms with Crippen LogP contribution in [-0.4, -0.2) is 17.9 Å². The predicted octanol–water partition coefficient (Wildman–Crippen LogP) is 3.42. The molecule has 4 heteroatoms. The van der Waals surface area contributed by atoms with Gasteiger partial charge in [0, 0.05) is 38.3 Å². The zero-order chi connectivity index (χ0) is 15.2. The number of carbonyl (C=O) groups is 1. The Balaban J connectivity index is 2.01. The van der Waals surface area contributed by atoms with Crippen molar-refractivity contribution in [3.63, 3.8) is 0 Å². The van der Waals surface area contributed by atoms with Gasteiger partial charge in [-0.2, -0.15) is 0 Å². The average Bonchev–Trinajstić information content (AvgIpc) is 2.46. The molecular formula is C17H19FN2O. The van der Waals surface area contributed by atoms with Crippen LogP contribution in [0.5, 0.6) is 0 Å². The highest BCUT2D eigenvalue weighted by Gasteiger charge is 2.04. The molecule has 2 aromatic rings. The van der Waals surface area contributed by atoms with Gasteiger partial charge in [-0.05, 0) is 23.8 Å². The molecule has 0 aromatic heterocycles. The first-order chi connectivity index (χ1) is 10.1. The topological polar surface area (TPSA) is 32.3 Å². The van der Waals surface area contributed by atoms with Crippen LogP contribution in [0, 0.1) is 5.82 Å². The number of nitrogens with zero attached hydrogens (tertiary/aromatic N) is 1. The second-order valence-corrected chi connectivity index (χ2v) is 5.02. The van der Waals surface area contributed by atoms with E-state index >= 15 is 0 Å². The van der Waals surface area contributed by atoms with E-state index < -0.39 is 0 Å². The fourth-order valence-electron chi connectivity index (χ4n) is 2.00. The smallest absolute Gasteiger partial charge is 0.219 e. The zero-order valence-electron chi connectivity index (χ0n) is 12.3. The molecule has 0 saturated carbocycles. The summed E-state index contributed by atoms with van der Waals surface area (Å²) in [6.45, 7) is 2.53. The Morgan fingerprint density at radius 1 is 1.19 bits per heavy atom. The van der Waals surface area contributed by atoms with Gasteiger partial charge in [-0.3, -0.25) is 4.79 Å². The number of benzene rings is 2. The summed E-state index contributed by atoms with van der Waals surface area (Å²) in [5.41, 5.74) is 2.57. The first kappa shape index (κ1) is 15.0. The first-order valence-electron chi connectivity index (χ1n) is 6.84. The van der Waals surface area contributed by atoms with Crippen molar-refractivity contribution in [2.75, 3.05) is 12.4 Å². The van der Waals surface area contributed by atoms with E-state index in [9.17, 15) is 9.18 Å². The molecule has 1 N–H and O–H groups in total. The zero-order valence-corrected chi connectivity index (χ0v) is 12.3. The largest absolute Gasteiger partial charge is 0.381 e. The third-order valence-electron chi connectivity index (χ3n) is 3.33. The van der Waals surface area contributed by atoms with Gasteiger partial charge in [-0.25, -0.2) is 4.39 Å². The summed E-state index contributed by atoms with van der Waals surface area (Å²) >= 11 is 0. The number of anilines is 1. The average molecular weight is 286 g/mol. The van der Waals surface area contributed by atoms with Gasteiger partial charge in [-0.15, -0.1) is 0 Å². The Hall–Kier alpha value is -2.36. The monoisotopic (exact) mass is 286 g/mol. The summed E-state index contributed by atoms with van der Waals surface area (Å²) in [5, 5.41) is 3.20. The van der Waals surface area contributed by atoms with Crippen molar-refractivity contribution in [3.05, 3.63) is 65.5 Å². The van der Waals surface area contributed by atoms with Crippen LogP contribution in [0.1, 0.15) is 18.1 Å². The molecule has 2 aromatic carbocycles. The van der Waals surface area contributed by atoms with Gasteiger partial charge in [0.2, 0.25) is 5.91 Å². The summed E-state index contributed by atoms with van der Waals surface area (Å²) in [5.74, 6) is -0.183. The lowest BCUT2D eigenvalue weighted by Crippen LogP contribution is -2.23. The molecule has 0 aliphatic carbocycles. The van der Waals surface area contributed by atoms with Gasteiger partial charge in [0.25, 0.3) is 0 Å². The number of amides is 1. The lowest BCUT2D eigenvalue weighted by molar-refractivity contribution is -0.128. The fourth-order valence-corrected chi connectivity index (χ4v) is 2.00. The molecule has 3 nitrogen and oxygen atoms in total. The maximum atomic E-state index is 13.5. The van der Waals surface area contributed by atoms with Crippen molar-refractivity contribution in [3.8, 4) is 0 Å². The van der Waals surface area contributed by atoms with E-state index in [-0.39, 0.29) is 11.7 Å². The highest BCUT2D eigenvalue weighted by Crippen LogP contribution is 2.15. The molecule has 21 heavy (non-hydrogen) atoms. The highest BCUT2D eigenvalue weighted by atomic mass is 19.1. The standard InChI is InChI=1S/C17H19FN2O/c1-13(21)20(2)12-14-6-5-8-16(10-14)19-11-15-7-3-4-9-17(15)18/h3-10,19H,11-12H2,1-2H3. The predicted molar refractivity (Wildman–Crippen MR) is 82.3 cm³/mol. The molecule has 0 spiro atoms. The Morgan fingerprint density at radius 3 is 2.67 bits per heavy atom. The molecule has 1 amide bonds. The minimum Gasteiger partial charge on any atom is -0.381 e. The Morgan fingerprint density at radius 2 is 1.95 bits per heavy atom. The molecule has 0 radical (unpaired) electrons. The minimum atomic E-state index is -0.211. The van der Waals surface area contributed by atoms with E-state index in [0.717, 1.165) is 11.3 Å². The van der Waals surface area contributed by atoms with Gasteiger partial charge in [0.05, 0.1) is 0 Å². The van der Waals surface area contributed by atoms with E-state index in [1.807, 2.05) is 30.3 Å². The van der Waals surface area contributed by atoms with Crippen LogP contribution in [0.2, 0.25) is 0 Å². The summed E-state index contributed by atoms with van der Waals surface area (Å²) < 4.78 is 13.5. The molecule has 0 unspecified atom stereocenters. The third-order valence-corrected chi connectivity index (χ3v) is 3.33. The van der Waals surface area contributed by atoms with E-state index in [1.54, 1.807) is 31.0 Å². The Labute approximate surface area is 124 Å². The Kier molecular flexibility index (Phi) is 4.93. The molecule has 0 fully saturated rings. The van der Waals surface area contributed by atoms with Crippen LogP contribution in [0.4, 0.5) is 10.1 Å². The van der Waals surface area contributed by atoms with Crippen LogP contribution in [0.15, 0.2) is 48.5 Å². The van der Waals surface area contributed by atoms with E-state index in [4.69, 9.17) is 0 Å². The first-order valence-corrected chi connectivity index (χ1v) is 6.84. The van der Waals surface area contributed by atoms with E-state index in [2.05, 4.69) is 5.32 Å². The maximum absolute atomic E-state index is 13.5. The molecule has 110 valence electrons.